The number of methoxy groups -OCH3 is 1. The Morgan fingerprint density at radius 3 is 2.83 bits per heavy atom. The quantitative estimate of drug-likeness (QED) is 0.759. The fourth-order valence-corrected chi connectivity index (χ4v) is 2.75. The minimum absolute atomic E-state index is 0.00156. The topological polar surface area (TPSA) is 54.1 Å². The average molecular weight is 308 g/mol. The van der Waals surface area contributed by atoms with Crippen LogP contribution in [0.4, 0.5) is 0 Å². The summed E-state index contributed by atoms with van der Waals surface area (Å²) in [7, 11) is 1.64. The minimum Gasteiger partial charge on any atom is -0.496 e. The van der Waals surface area contributed by atoms with Gasteiger partial charge < -0.3 is 15.0 Å². The number of H-pyrrole nitrogens is 1. The molecule has 2 N–H and O–H groups in total. The maximum atomic E-state index is 12.2. The first-order chi connectivity index (χ1) is 11.2. The Kier molecular flexibility index (Phi) is 4.33. The molecule has 0 aliphatic carbocycles. The lowest BCUT2D eigenvalue weighted by Crippen LogP contribution is -2.24. The maximum absolute atomic E-state index is 12.2. The Morgan fingerprint density at radius 2 is 2.00 bits per heavy atom. The van der Waals surface area contributed by atoms with Gasteiger partial charge in [0.15, 0.2) is 0 Å². The molecule has 0 bridgehead atoms. The number of aromatic nitrogens is 1. The lowest BCUT2D eigenvalue weighted by atomic mass is 10.1. The zero-order valence-corrected chi connectivity index (χ0v) is 13.3. The number of carbonyl (C=O) groups is 1. The first kappa shape index (κ1) is 15.2. The van der Waals surface area contributed by atoms with Crippen molar-refractivity contribution in [2.45, 2.75) is 19.9 Å². The summed E-state index contributed by atoms with van der Waals surface area (Å²) in [5, 5.41) is 4.06. The number of benzene rings is 2. The molecule has 0 radical (unpaired) electrons. The van der Waals surface area contributed by atoms with Crippen LogP contribution in [-0.4, -0.2) is 18.0 Å². The maximum Gasteiger partial charge on any atom is 0.224 e. The van der Waals surface area contributed by atoms with Crippen molar-refractivity contribution in [1.82, 2.24) is 10.3 Å². The molecule has 3 rings (SSSR count). The van der Waals surface area contributed by atoms with Crippen molar-refractivity contribution in [3.05, 3.63) is 65.4 Å². The molecule has 4 heteroatoms. The highest BCUT2D eigenvalue weighted by molar-refractivity contribution is 5.88. The van der Waals surface area contributed by atoms with Crippen molar-refractivity contribution < 1.29 is 9.53 Å². The number of hydrogen-bond acceptors (Lipinski definition) is 2. The van der Waals surface area contributed by atoms with E-state index in [2.05, 4.69) is 10.3 Å². The number of aromatic amines is 1. The molecule has 2 aromatic carbocycles. The molecule has 0 unspecified atom stereocenters. The van der Waals surface area contributed by atoms with E-state index in [-0.39, 0.29) is 5.91 Å². The number of rotatable bonds is 5. The van der Waals surface area contributed by atoms with Crippen molar-refractivity contribution in [2.75, 3.05) is 7.11 Å². The van der Waals surface area contributed by atoms with Gasteiger partial charge in [0.25, 0.3) is 0 Å². The van der Waals surface area contributed by atoms with E-state index >= 15 is 0 Å². The Morgan fingerprint density at radius 1 is 1.17 bits per heavy atom. The van der Waals surface area contributed by atoms with Crippen LogP contribution in [0.15, 0.2) is 48.7 Å². The number of ether oxygens (including phenoxy) is 1. The molecule has 0 saturated carbocycles. The fraction of sp³-hybridized carbons (Fsp3) is 0.211. The van der Waals surface area contributed by atoms with E-state index in [1.165, 1.54) is 0 Å². The van der Waals surface area contributed by atoms with E-state index in [0.717, 1.165) is 33.3 Å². The van der Waals surface area contributed by atoms with Gasteiger partial charge in [-0.3, -0.25) is 4.79 Å². The van der Waals surface area contributed by atoms with Crippen LogP contribution in [-0.2, 0) is 17.8 Å². The third kappa shape index (κ3) is 3.37. The van der Waals surface area contributed by atoms with Crippen LogP contribution < -0.4 is 10.1 Å². The van der Waals surface area contributed by atoms with Gasteiger partial charge in [0, 0.05) is 29.2 Å². The summed E-state index contributed by atoms with van der Waals surface area (Å²) < 4.78 is 5.34. The van der Waals surface area contributed by atoms with Gasteiger partial charge in [-0.2, -0.15) is 0 Å². The highest BCUT2D eigenvalue weighted by atomic mass is 16.5. The normalized spacial score (nSPS) is 10.7. The standard InChI is InChI=1S/C19H20N2O2/c1-13-7-8-18(23-2)15(9-13)12-21-19(22)10-14-11-20-17-6-4-3-5-16(14)17/h3-9,11,20H,10,12H2,1-2H3,(H,21,22). The predicted octanol–water partition coefficient (Wildman–Crippen LogP) is 3.34. The van der Waals surface area contributed by atoms with Crippen molar-refractivity contribution >= 4 is 16.8 Å². The second-order valence-electron chi connectivity index (χ2n) is 5.63. The van der Waals surface area contributed by atoms with Crippen molar-refractivity contribution in [1.29, 1.82) is 0 Å². The third-order valence-corrected chi connectivity index (χ3v) is 3.94. The second-order valence-corrected chi connectivity index (χ2v) is 5.63. The van der Waals surface area contributed by atoms with Crippen LogP contribution in [0, 0.1) is 6.92 Å². The van der Waals surface area contributed by atoms with Gasteiger partial charge in [-0.15, -0.1) is 0 Å². The largest absolute Gasteiger partial charge is 0.496 e. The Balaban J connectivity index is 1.67. The minimum atomic E-state index is -0.00156. The van der Waals surface area contributed by atoms with Gasteiger partial charge in [-0.05, 0) is 24.6 Å². The summed E-state index contributed by atoms with van der Waals surface area (Å²) in [4.78, 5) is 15.4. The molecule has 0 spiro atoms. The van der Waals surface area contributed by atoms with E-state index in [1.807, 2.05) is 55.6 Å². The molecule has 0 atom stereocenters. The zero-order valence-electron chi connectivity index (χ0n) is 13.3. The van der Waals surface area contributed by atoms with E-state index in [4.69, 9.17) is 4.74 Å². The van der Waals surface area contributed by atoms with Gasteiger partial charge in [-0.1, -0.05) is 35.9 Å². The van der Waals surface area contributed by atoms with Gasteiger partial charge in [0.1, 0.15) is 5.75 Å². The Hall–Kier alpha value is -2.75. The molecule has 0 aliphatic rings. The Bertz CT molecular complexity index is 836. The van der Waals surface area contributed by atoms with Crippen LogP contribution in [0.3, 0.4) is 0 Å². The molecular weight excluding hydrogens is 288 g/mol. The summed E-state index contributed by atoms with van der Waals surface area (Å²) in [6, 6.07) is 14.0. The van der Waals surface area contributed by atoms with Crippen molar-refractivity contribution in [2.24, 2.45) is 0 Å². The van der Waals surface area contributed by atoms with E-state index in [1.54, 1.807) is 7.11 Å². The molecule has 1 heterocycles. The van der Waals surface area contributed by atoms with Gasteiger partial charge in [0.05, 0.1) is 13.5 Å². The number of nitrogens with one attached hydrogen (secondary N) is 2. The second kappa shape index (κ2) is 6.57. The van der Waals surface area contributed by atoms with E-state index in [0.29, 0.717) is 13.0 Å². The van der Waals surface area contributed by atoms with Gasteiger partial charge >= 0.3 is 0 Å². The fourth-order valence-electron chi connectivity index (χ4n) is 2.75. The van der Waals surface area contributed by atoms with Crippen LogP contribution in [0.5, 0.6) is 5.75 Å². The number of hydrogen-bond donors (Lipinski definition) is 2. The van der Waals surface area contributed by atoms with Crippen LogP contribution in [0.25, 0.3) is 10.9 Å². The monoisotopic (exact) mass is 308 g/mol. The van der Waals surface area contributed by atoms with Crippen LogP contribution in [0.2, 0.25) is 0 Å². The van der Waals surface area contributed by atoms with Gasteiger partial charge in [-0.25, -0.2) is 0 Å². The summed E-state index contributed by atoms with van der Waals surface area (Å²) in [6.45, 7) is 2.49. The third-order valence-electron chi connectivity index (χ3n) is 3.94. The zero-order chi connectivity index (χ0) is 16.2. The smallest absolute Gasteiger partial charge is 0.224 e. The predicted molar refractivity (Wildman–Crippen MR) is 91.6 cm³/mol. The molecule has 4 nitrogen and oxygen atoms in total. The highest BCUT2D eigenvalue weighted by Gasteiger charge is 2.10. The molecule has 0 fully saturated rings. The number of amides is 1. The molecule has 0 aliphatic heterocycles. The van der Waals surface area contributed by atoms with Crippen LogP contribution in [0.1, 0.15) is 16.7 Å². The highest BCUT2D eigenvalue weighted by Crippen LogP contribution is 2.20. The molecule has 3 aromatic rings. The van der Waals surface area contributed by atoms with Crippen molar-refractivity contribution in [3.63, 3.8) is 0 Å². The average Bonchev–Trinajstić information content (AvgIpc) is 2.96. The summed E-state index contributed by atoms with van der Waals surface area (Å²) in [5.41, 5.74) is 4.19. The molecule has 1 aromatic heterocycles. The summed E-state index contributed by atoms with van der Waals surface area (Å²) >= 11 is 0. The molecule has 1 amide bonds. The first-order valence-corrected chi connectivity index (χ1v) is 7.62. The molecule has 23 heavy (non-hydrogen) atoms. The molecular formula is C19H20N2O2. The molecule has 0 saturated heterocycles. The first-order valence-electron chi connectivity index (χ1n) is 7.62. The van der Waals surface area contributed by atoms with Gasteiger partial charge in [0.2, 0.25) is 5.91 Å². The summed E-state index contributed by atoms with van der Waals surface area (Å²) in [5.74, 6) is 0.793. The summed E-state index contributed by atoms with van der Waals surface area (Å²) in [6.07, 6.45) is 2.26. The lowest BCUT2D eigenvalue weighted by Gasteiger charge is -2.10. The van der Waals surface area contributed by atoms with E-state index in [9.17, 15) is 4.79 Å². The van der Waals surface area contributed by atoms with Crippen LogP contribution >= 0.6 is 0 Å². The number of carbonyl (C=O) groups excluding carboxylic acids is 1. The number of fused-ring (bicyclic) bond motifs is 1. The Labute approximate surface area is 135 Å². The van der Waals surface area contributed by atoms with Crippen molar-refractivity contribution in [3.8, 4) is 5.75 Å². The van der Waals surface area contributed by atoms with E-state index < -0.39 is 0 Å². The number of aryl methyl sites for hydroxylation is 1. The molecule has 118 valence electrons. The lowest BCUT2D eigenvalue weighted by molar-refractivity contribution is -0.120. The SMILES string of the molecule is COc1ccc(C)cc1CNC(=O)Cc1c[nH]c2ccccc12. The number of para-hydroxylation sites is 1.